The number of thioether (sulfide) groups is 1. The minimum absolute atomic E-state index is 0.118. The fourth-order valence-electron chi connectivity index (χ4n) is 3.47. The van der Waals surface area contributed by atoms with Crippen molar-refractivity contribution in [2.45, 2.75) is 18.9 Å². The Balaban J connectivity index is 1.66. The van der Waals surface area contributed by atoms with Gasteiger partial charge in [0, 0.05) is 22.8 Å². The highest BCUT2D eigenvalue weighted by Crippen LogP contribution is 2.46. The summed E-state index contributed by atoms with van der Waals surface area (Å²) in [5.74, 6) is 2.09. The van der Waals surface area contributed by atoms with E-state index in [1.165, 1.54) is 0 Å². The van der Waals surface area contributed by atoms with Crippen molar-refractivity contribution in [3.63, 3.8) is 0 Å². The second kappa shape index (κ2) is 6.56. The Morgan fingerprint density at radius 1 is 1.20 bits per heavy atom. The van der Waals surface area contributed by atoms with E-state index in [9.17, 15) is 4.79 Å². The summed E-state index contributed by atoms with van der Waals surface area (Å²) < 4.78 is 5.93. The lowest BCUT2D eigenvalue weighted by molar-refractivity contribution is 0.0977. The Bertz CT molecular complexity index is 821. The van der Waals surface area contributed by atoms with Gasteiger partial charge in [-0.2, -0.15) is 0 Å². The van der Waals surface area contributed by atoms with E-state index in [-0.39, 0.29) is 11.4 Å². The molecule has 0 fully saturated rings. The van der Waals surface area contributed by atoms with Crippen LogP contribution in [-0.2, 0) is 5.54 Å². The fraction of sp³-hybridized carbons (Fsp3) is 0.300. The summed E-state index contributed by atoms with van der Waals surface area (Å²) in [5.41, 5.74) is 1.37. The van der Waals surface area contributed by atoms with Gasteiger partial charge in [0.25, 0.3) is 5.91 Å². The maximum atomic E-state index is 12.5. The maximum absolute atomic E-state index is 12.5. The van der Waals surface area contributed by atoms with Crippen molar-refractivity contribution in [2.24, 2.45) is 10.9 Å². The van der Waals surface area contributed by atoms with Gasteiger partial charge in [0.2, 0.25) is 0 Å². The molecular formula is C20H20N2O2S. The second-order valence-electron chi connectivity index (χ2n) is 6.53. The average Bonchev–Trinajstić information content (AvgIpc) is 2.78. The van der Waals surface area contributed by atoms with Crippen LogP contribution in [0.1, 0.15) is 29.3 Å². The number of carbonyl (C=O) groups is 1. The van der Waals surface area contributed by atoms with E-state index in [0.717, 1.165) is 23.5 Å². The molecule has 0 radical (unpaired) electrons. The molecule has 2 aromatic carbocycles. The van der Waals surface area contributed by atoms with Gasteiger partial charge in [-0.15, -0.1) is 0 Å². The number of benzene rings is 2. The van der Waals surface area contributed by atoms with E-state index in [4.69, 9.17) is 9.73 Å². The second-order valence-corrected chi connectivity index (χ2v) is 7.53. The van der Waals surface area contributed by atoms with Crippen molar-refractivity contribution < 1.29 is 9.53 Å². The molecule has 2 heterocycles. The number of carbonyl (C=O) groups excluding carboxylic acids is 1. The van der Waals surface area contributed by atoms with Crippen molar-refractivity contribution in [3.8, 4) is 5.75 Å². The number of amides is 1. The highest BCUT2D eigenvalue weighted by molar-refractivity contribution is 8.13. The number of hydrogen-bond acceptors (Lipinski definition) is 4. The van der Waals surface area contributed by atoms with Crippen molar-refractivity contribution in [3.05, 3.63) is 65.7 Å². The molecule has 2 aromatic rings. The molecule has 2 aliphatic heterocycles. The van der Waals surface area contributed by atoms with Crippen LogP contribution < -0.4 is 10.1 Å². The first-order chi connectivity index (χ1) is 12.2. The molecule has 2 atom stereocenters. The molecule has 2 aliphatic rings. The van der Waals surface area contributed by atoms with Crippen LogP contribution in [0, 0.1) is 5.92 Å². The number of ether oxygens (including phenoxy) is 1. The molecule has 0 bridgehead atoms. The monoisotopic (exact) mass is 352 g/mol. The summed E-state index contributed by atoms with van der Waals surface area (Å²) in [5, 5.41) is 3.66. The molecule has 0 unspecified atom stereocenters. The van der Waals surface area contributed by atoms with Gasteiger partial charge in [-0.25, -0.2) is 0 Å². The van der Waals surface area contributed by atoms with E-state index in [1.807, 2.05) is 48.5 Å². The first kappa shape index (κ1) is 16.2. The van der Waals surface area contributed by atoms with Gasteiger partial charge in [0.15, 0.2) is 5.17 Å². The highest BCUT2D eigenvalue weighted by Gasteiger charge is 2.42. The number of aliphatic imine (C=N–C) groups is 1. The highest BCUT2D eigenvalue weighted by atomic mass is 32.2. The number of para-hydroxylation sites is 1. The number of amidine groups is 1. The van der Waals surface area contributed by atoms with Gasteiger partial charge in [0.05, 0.1) is 12.1 Å². The Labute approximate surface area is 151 Å². The van der Waals surface area contributed by atoms with E-state index in [1.54, 1.807) is 11.8 Å². The molecule has 0 spiro atoms. The summed E-state index contributed by atoms with van der Waals surface area (Å²) >= 11 is 1.62. The van der Waals surface area contributed by atoms with Gasteiger partial charge in [-0.3, -0.25) is 9.79 Å². The number of rotatable bonds is 1. The molecule has 4 nitrogen and oxygen atoms in total. The first-order valence-electron chi connectivity index (χ1n) is 8.48. The number of nitrogens with zero attached hydrogens (tertiary/aromatic N) is 1. The number of fused-ring (bicyclic) bond motifs is 3. The van der Waals surface area contributed by atoms with Crippen LogP contribution in [0.4, 0.5) is 0 Å². The Morgan fingerprint density at radius 3 is 2.80 bits per heavy atom. The largest absolute Gasteiger partial charge is 0.493 e. The predicted octanol–water partition coefficient (Wildman–Crippen LogP) is 3.83. The summed E-state index contributed by atoms with van der Waals surface area (Å²) in [6.45, 7) is 2.86. The molecule has 0 aromatic heterocycles. The molecule has 0 saturated heterocycles. The average molecular weight is 352 g/mol. The number of hydrogen-bond donors (Lipinski definition) is 1. The Hall–Kier alpha value is -2.27. The van der Waals surface area contributed by atoms with Crippen LogP contribution in [-0.4, -0.2) is 23.4 Å². The molecule has 1 amide bonds. The van der Waals surface area contributed by atoms with E-state index >= 15 is 0 Å². The van der Waals surface area contributed by atoms with Gasteiger partial charge < -0.3 is 10.1 Å². The first-order valence-corrected chi connectivity index (χ1v) is 9.47. The molecule has 0 saturated carbocycles. The SMILES string of the molecule is C[C@@]12N=C(NC(=O)c3ccccc3)SC[C@@H]1CCOc1ccccc12. The standard InChI is InChI=1S/C20H20N2O2S/c1-20-15(11-12-24-17-10-6-5-9-16(17)20)13-25-19(22-20)21-18(23)14-7-3-2-4-8-14/h2-10,15H,11-13H2,1H3,(H,21,22,23)/t15-,20+/m0/s1. The predicted molar refractivity (Wildman–Crippen MR) is 101 cm³/mol. The summed E-state index contributed by atoms with van der Waals surface area (Å²) in [6.07, 6.45) is 0.960. The van der Waals surface area contributed by atoms with Crippen molar-refractivity contribution in [1.82, 2.24) is 5.32 Å². The van der Waals surface area contributed by atoms with Gasteiger partial charge in [-0.1, -0.05) is 48.2 Å². The topological polar surface area (TPSA) is 50.7 Å². The molecule has 0 aliphatic carbocycles. The molecule has 128 valence electrons. The molecule has 1 N–H and O–H groups in total. The molecule has 5 heteroatoms. The zero-order chi connectivity index (χ0) is 17.3. The Kier molecular flexibility index (Phi) is 4.25. The fourth-order valence-corrected chi connectivity index (χ4v) is 4.73. The van der Waals surface area contributed by atoms with Crippen LogP contribution >= 0.6 is 11.8 Å². The minimum atomic E-state index is -0.377. The minimum Gasteiger partial charge on any atom is -0.493 e. The lowest BCUT2D eigenvalue weighted by Gasteiger charge is -2.37. The lowest BCUT2D eigenvalue weighted by Crippen LogP contribution is -2.40. The van der Waals surface area contributed by atoms with Crippen LogP contribution in [0.25, 0.3) is 0 Å². The van der Waals surface area contributed by atoms with Crippen molar-refractivity contribution in [1.29, 1.82) is 0 Å². The zero-order valence-electron chi connectivity index (χ0n) is 14.1. The molecule has 25 heavy (non-hydrogen) atoms. The van der Waals surface area contributed by atoms with E-state index in [0.29, 0.717) is 23.3 Å². The number of nitrogens with one attached hydrogen (secondary N) is 1. The molecule has 4 rings (SSSR count). The maximum Gasteiger partial charge on any atom is 0.257 e. The summed E-state index contributed by atoms with van der Waals surface area (Å²) in [6, 6.07) is 17.3. The van der Waals surface area contributed by atoms with Crippen LogP contribution in [0.2, 0.25) is 0 Å². The lowest BCUT2D eigenvalue weighted by atomic mass is 9.79. The third-order valence-corrected chi connectivity index (χ3v) is 6.00. The van der Waals surface area contributed by atoms with E-state index in [2.05, 4.69) is 18.3 Å². The zero-order valence-corrected chi connectivity index (χ0v) is 14.9. The quantitative estimate of drug-likeness (QED) is 0.848. The summed E-state index contributed by atoms with van der Waals surface area (Å²) in [7, 11) is 0. The Morgan fingerprint density at radius 2 is 1.96 bits per heavy atom. The van der Waals surface area contributed by atoms with Crippen LogP contribution in [0.5, 0.6) is 5.75 Å². The normalized spacial score (nSPS) is 24.8. The van der Waals surface area contributed by atoms with Gasteiger partial charge >= 0.3 is 0 Å². The van der Waals surface area contributed by atoms with E-state index < -0.39 is 0 Å². The summed E-state index contributed by atoms with van der Waals surface area (Å²) in [4.78, 5) is 17.4. The van der Waals surface area contributed by atoms with Gasteiger partial charge in [0.1, 0.15) is 5.75 Å². The smallest absolute Gasteiger partial charge is 0.257 e. The van der Waals surface area contributed by atoms with Crippen molar-refractivity contribution >= 4 is 22.8 Å². The molecular weight excluding hydrogens is 332 g/mol. The van der Waals surface area contributed by atoms with Crippen LogP contribution in [0.3, 0.4) is 0 Å². The van der Waals surface area contributed by atoms with Gasteiger partial charge in [-0.05, 0) is 31.5 Å². The third kappa shape index (κ3) is 3.04. The van der Waals surface area contributed by atoms with Crippen molar-refractivity contribution in [2.75, 3.05) is 12.4 Å². The third-order valence-electron chi connectivity index (χ3n) is 4.96. The van der Waals surface area contributed by atoms with Crippen LogP contribution in [0.15, 0.2) is 59.6 Å².